The Hall–Kier alpha value is -3.26. The minimum atomic E-state index is -0.286. The molecule has 0 saturated heterocycles. The second-order valence-corrected chi connectivity index (χ2v) is 7.95. The maximum Gasteiger partial charge on any atom is 0.272 e. The van der Waals surface area contributed by atoms with Gasteiger partial charge in [0.15, 0.2) is 0 Å². The van der Waals surface area contributed by atoms with Crippen molar-refractivity contribution < 1.29 is 13.9 Å². The van der Waals surface area contributed by atoms with E-state index in [1.54, 1.807) is 24.4 Å². The number of ether oxygens (including phenoxy) is 1. The molecule has 0 bridgehead atoms. The molecule has 4 rings (SSSR count). The fraction of sp³-hybridized carbons (Fsp3) is 0.0400. The summed E-state index contributed by atoms with van der Waals surface area (Å²) in [5.74, 6) is 0.0525. The Bertz CT molecular complexity index is 1260. The molecule has 0 saturated carbocycles. The molecular weight excluding hydrogens is 506 g/mol. The lowest BCUT2D eigenvalue weighted by Gasteiger charge is -2.12. The van der Waals surface area contributed by atoms with Crippen molar-refractivity contribution in [3.63, 3.8) is 0 Å². The summed E-state index contributed by atoms with van der Waals surface area (Å²) in [5.41, 5.74) is 4.75. The number of hydrazone groups is 1. The third kappa shape index (κ3) is 5.08. The lowest BCUT2D eigenvalue weighted by atomic mass is 10.0. The first-order chi connectivity index (χ1) is 15.1. The van der Waals surface area contributed by atoms with Crippen LogP contribution in [-0.4, -0.2) is 12.1 Å². The first-order valence-corrected chi connectivity index (χ1v) is 10.7. The van der Waals surface area contributed by atoms with E-state index in [0.717, 1.165) is 25.5 Å². The normalized spacial score (nSPS) is 11.0. The van der Waals surface area contributed by atoms with E-state index in [4.69, 9.17) is 4.74 Å². The first kappa shape index (κ1) is 21.0. The van der Waals surface area contributed by atoms with E-state index >= 15 is 0 Å². The van der Waals surface area contributed by atoms with Gasteiger partial charge in [-0.15, -0.1) is 0 Å². The maximum absolute atomic E-state index is 13.1. The van der Waals surface area contributed by atoms with Gasteiger partial charge in [0, 0.05) is 9.13 Å². The summed E-state index contributed by atoms with van der Waals surface area (Å²) in [6, 6.07) is 25.2. The van der Waals surface area contributed by atoms with Crippen molar-refractivity contribution in [2.45, 2.75) is 6.61 Å². The monoisotopic (exact) mass is 524 g/mol. The highest BCUT2D eigenvalue weighted by molar-refractivity contribution is 14.1. The number of hydrogen-bond acceptors (Lipinski definition) is 3. The van der Waals surface area contributed by atoms with Gasteiger partial charge >= 0.3 is 0 Å². The van der Waals surface area contributed by atoms with Gasteiger partial charge in [0.05, 0.1) is 11.8 Å². The number of halogens is 2. The Balaban J connectivity index is 1.59. The molecule has 154 valence electrons. The van der Waals surface area contributed by atoms with Crippen LogP contribution < -0.4 is 10.2 Å². The van der Waals surface area contributed by atoms with Crippen molar-refractivity contribution in [3.8, 4) is 5.75 Å². The minimum absolute atomic E-state index is 0.282. The van der Waals surface area contributed by atoms with E-state index < -0.39 is 0 Å². The molecule has 0 aromatic heterocycles. The van der Waals surface area contributed by atoms with Crippen LogP contribution >= 0.6 is 22.6 Å². The van der Waals surface area contributed by atoms with Crippen LogP contribution in [0.4, 0.5) is 4.39 Å². The number of hydrogen-bond donors (Lipinski definition) is 1. The Morgan fingerprint density at radius 3 is 2.52 bits per heavy atom. The Morgan fingerprint density at radius 1 is 0.968 bits per heavy atom. The number of benzene rings is 4. The first-order valence-electron chi connectivity index (χ1n) is 9.59. The zero-order valence-corrected chi connectivity index (χ0v) is 18.5. The smallest absolute Gasteiger partial charge is 0.272 e. The highest BCUT2D eigenvalue weighted by Gasteiger charge is 2.10. The molecule has 0 spiro atoms. The summed E-state index contributed by atoms with van der Waals surface area (Å²) in [6.45, 7) is 0.286. The lowest BCUT2D eigenvalue weighted by molar-refractivity contribution is 0.0954. The average molecular weight is 524 g/mol. The molecule has 6 heteroatoms. The molecule has 31 heavy (non-hydrogen) atoms. The van der Waals surface area contributed by atoms with Gasteiger partial charge in [-0.05, 0) is 69.3 Å². The second kappa shape index (κ2) is 9.70. The molecule has 4 aromatic rings. The quantitative estimate of drug-likeness (QED) is 0.193. The van der Waals surface area contributed by atoms with Crippen molar-refractivity contribution in [2.24, 2.45) is 5.10 Å². The molecule has 0 heterocycles. The fourth-order valence-corrected chi connectivity index (χ4v) is 3.77. The van der Waals surface area contributed by atoms with Gasteiger partial charge in [0.25, 0.3) is 5.91 Å². The standard InChI is InChI=1S/C25H18FIN2O2/c26-19-12-9-17(10-13-19)16-31-24-14-11-18-5-1-2-6-20(18)22(24)15-28-29-25(30)21-7-3-4-8-23(21)27/h1-15H,16H2,(H,29,30)/b28-15-. The third-order valence-corrected chi connectivity index (χ3v) is 5.66. The molecule has 0 radical (unpaired) electrons. The van der Waals surface area contributed by atoms with Gasteiger partial charge in [-0.3, -0.25) is 4.79 Å². The molecule has 0 aliphatic carbocycles. The maximum atomic E-state index is 13.1. The largest absolute Gasteiger partial charge is 0.488 e. The molecule has 0 atom stereocenters. The van der Waals surface area contributed by atoms with Gasteiger partial charge in [0.1, 0.15) is 18.2 Å². The summed E-state index contributed by atoms with van der Waals surface area (Å²) in [6.07, 6.45) is 1.59. The number of amides is 1. The van der Waals surface area contributed by atoms with E-state index in [-0.39, 0.29) is 18.3 Å². The van der Waals surface area contributed by atoms with Crippen LogP contribution in [0.3, 0.4) is 0 Å². The van der Waals surface area contributed by atoms with Gasteiger partial charge in [-0.1, -0.05) is 54.6 Å². The Kier molecular flexibility index (Phi) is 6.57. The molecule has 1 amide bonds. The van der Waals surface area contributed by atoms with Crippen molar-refractivity contribution in [2.75, 3.05) is 0 Å². The van der Waals surface area contributed by atoms with Crippen LogP contribution in [0, 0.1) is 9.39 Å². The van der Waals surface area contributed by atoms with E-state index in [0.29, 0.717) is 11.3 Å². The van der Waals surface area contributed by atoms with Crippen molar-refractivity contribution >= 4 is 45.5 Å². The second-order valence-electron chi connectivity index (χ2n) is 6.79. The number of nitrogens with zero attached hydrogens (tertiary/aromatic N) is 1. The molecule has 1 N–H and O–H groups in total. The van der Waals surface area contributed by atoms with Crippen molar-refractivity contribution in [1.82, 2.24) is 5.43 Å². The van der Waals surface area contributed by atoms with E-state index in [9.17, 15) is 9.18 Å². The zero-order valence-electron chi connectivity index (χ0n) is 16.4. The summed E-state index contributed by atoms with van der Waals surface area (Å²) in [5, 5.41) is 6.16. The minimum Gasteiger partial charge on any atom is -0.488 e. The topological polar surface area (TPSA) is 50.7 Å². The average Bonchev–Trinajstić information content (AvgIpc) is 2.79. The molecule has 0 aliphatic heterocycles. The van der Waals surface area contributed by atoms with Crippen molar-refractivity contribution in [3.05, 3.63) is 111 Å². The van der Waals surface area contributed by atoms with Gasteiger partial charge in [-0.2, -0.15) is 5.10 Å². The SMILES string of the molecule is O=C(N/N=C\c1c(OCc2ccc(F)cc2)ccc2ccccc12)c1ccccc1I. The number of rotatable bonds is 6. The highest BCUT2D eigenvalue weighted by atomic mass is 127. The lowest BCUT2D eigenvalue weighted by Crippen LogP contribution is -2.18. The molecule has 0 unspecified atom stereocenters. The van der Waals surface area contributed by atoms with Crippen molar-refractivity contribution in [1.29, 1.82) is 0 Å². The Labute approximate surface area is 192 Å². The fourth-order valence-electron chi connectivity index (χ4n) is 3.14. The predicted octanol–water partition coefficient (Wildman–Crippen LogP) is 5.93. The molecule has 0 fully saturated rings. The number of carbonyl (C=O) groups excluding carboxylic acids is 1. The number of carbonyl (C=O) groups is 1. The van der Waals surface area contributed by atoms with Crippen LogP contribution in [0.1, 0.15) is 21.5 Å². The summed E-state index contributed by atoms with van der Waals surface area (Å²) >= 11 is 2.12. The molecule has 4 nitrogen and oxygen atoms in total. The van der Waals surface area contributed by atoms with Crippen LogP contribution in [0.5, 0.6) is 5.75 Å². The van der Waals surface area contributed by atoms with Gasteiger partial charge in [-0.25, -0.2) is 9.82 Å². The molecule has 0 aliphatic rings. The number of fused-ring (bicyclic) bond motifs is 1. The van der Waals surface area contributed by atoms with Gasteiger partial charge in [0.2, 0.25) is 0 Å². The van der Waals surface area contributed by atoms with E-state index in [1.807, 2.05) is 54.6 Å². The van der Waals surface area contributed by atoms with E-state index in [2.05, 4.69) is 33.1 Å². The molecular formula is C25H18FIN2O2. The van der Waals surface area contributed by atoms with Crippen LogP contribution in [0.25, 0.3) is 10.8 Å². The summed E-state index contributed by atoms with van der Waals surface area (Å²) in [7, 11) is 0. The summed E-state index contributed by atoms with van der Waals surface area (Å²) < 4.78 is 20.0. The van der Waals surface area contributed by atoms with Crippen LogP contribution in [0.15, 0.2) is 90.0 Å². The zero-order chi connectivity index (χ0) is 21.6. The summed E-state index contributed by atoms with van der Waals surface area (Å²) in [4.78, 5) is 12.5. The predicted molar refractivity (Wildman–Crippen MR) is 129 cm³/mol. The number of nitrogens with one attached hydrogen (secondary N) is 1. The molecule has 4 aromatic carbocycles. The third-order valence-electron chi connectivity index (χ3n) is 4.72. The van der Waals surface area contributed by atoms with Gasteiger partial charge < -0.3 is 4.74 Å². The van der Waals surface area contributed by atoms with Crippen LogP contribution in [-0.2, 0) is 6.61 Å². The Morgan fingerprint density at radius 2 is 1.71 bits per heavy atom. The highest BCUT2D eigenvalue weighted by Crippen LogP contribution is 2.27. The van der Waals surface area contributed by atoms with E-state index in [1.165, 1.54) is 12.1 Å². The van der Waals surface area contributed by atoms with Crippen LogP contribution in [0.2, 0.25) is 0 Å².